The Labute approximate surface area is 103 Å². The number of nitrogens with one attached hydrogen (secondary N) is 2. The molecule has 1 aromatic heterocycles. The van der Waals surface area contributed by atoms with E-state index in [1.54, 1.807) is 6.20 Å². The van der Waals surface area contributed by atoms with Crippen molar-refractivity contribution >= 4 is 11.8 Å². The van der Waals surface area contributed by atoms with E-state index >= 15 is 0 Å². The molecule has 0 fully saturated rings. The first-order valence-corrected chi connectivity index (χ1v) is 5.90. The van der Waals surface area contributed by atoms with Gasteiger partial charge in [0.1, 0.15) is 0 Å². The molecular formula is C11H22N6. The quantitative estimate of drug-likeness (QED) is 0.736. The van der Waals surface area contributed by atoms with E-state index in [1.807, 2.05) is 14.1 Å². The summed E-state index contributed by atoms with van der Waals surface area (Å²) in [6.45, 7) is 6.93. The van der Waals surface area contributed by atoms with E-state index in [2.05, 4.69) is 44.6 Å². The Morgan fingerprint density at radius 1 is 1.29 bits per heavy atom. The summed E-state index contributed by atoms with van der Waals surface area (Å²) in [4.78, 5) is 6.44. The minimum Gasteiger partial charge on any atom is -0.367 e. The van der Waals surface area contributed by atoms with Gasteiger partial charge in [0.15, 0.2) is 5.82 Å². The van der Waals surface area contributed by atoms with Crippen LogP contribution in [0.25, 0.3) is 0 Å². The monoisotopic (exact) mass is 238 g/mol. The maximum Gasteiger partial charge on any atom is 0.244 e. The second-order valence-electron chi connectivity index (χ2n) is 4.67. The fraction of sp³-hybridized carbons (Fsp3) is 0.727. The Morgan fingerprint density at radius 2 is 2.06 bits per heavy atom. The van der Waals surface area contributed by atoms with Gasteiger partial charge >= 0.3 is 0 Å². The van der Waals surface area contributed by atoms with Crippen LogP contribution in [-0.2, 0) is 0 Å². The molecular weight excluding hydrogens is 216 g/mol. The van der Waals surface area contributed by atoms with Crippen LogP contribution in [0.2, 0.25) is 0 Å². The molecule has 0 spiro atoms. The summed E-state index contributed by atoms with van der Waals surface area (Å²) in [6, 6.07) is 0. The van der Waals surface area contributed by atoms with Crippen molar-refractivity contribution in [1.29, 1.82) is 0 Å². The molecule has 1 heterocycles. The predicted octanol–water partition coefficient (Wildman–Crippen LogP) is 0.913. The lowest BCUT2D eigenvalue weighted by Crippen LogP contribution is -2.21. The van der Waals surface area contributed by atoms with Crippen molar-refractivity contribution in [3.8, 4) is 0 Å². The third-order valence-electron chi connectivity index (χ3n) is 2.09. The molecule has 0 saturated carbocycles. The molecule has 0 bridgehead atoms. The lowest BCUT2D eigenvalue weighted by Gasteiger charge is -2.11. The zero-order valence-electron chi connectivity index (χ0n) is 11.1. The zero-order valence-corrected chi connectivity index (χ0v) is 11.1. The summed E-state index contributed by atoms with van der Waals surface area (Å²) in [5.74, 6) is 1.89. The molecule has 6 nitrogen and oxygen atoms in total. The van der Waals surface area contributed by atoms with Crippen LogP contribution < -0.4 is 10.6 Å². The molecule has 0 saturated heterocycles. The van der Waals surface area contributed by atoms with Gasteiger partial charge in [0.05, 0.1) is 6.20 Å². The third-order valence-corrected chi connectivity index (χ3v) is 2.09. The largest absolute Gasteiger partial charge is 0.367 e. The highest BCUT2D eigenvalue weighted by molar-refractivity contribution is 5.36. The van der Waals surface area contributed by atoms with Gasteiger partial charge in [-0.25, -0.2) is 0 Å². The van der Waals surface area contributed by atoms with Crippen molar-refractivity contribution in [3.05, 3.63) is 6.20 Å². The fourth-order valence-corrected chi connectivity index (χ4v) is 1.17. The SMILES string of the molecule is CC(C)CNc1nncc(NCCN(C)C)n1. The van der Waals surface area contributed by atoms with Crippen LogP contribution in [0.4, 0.5) is 11.8 Å². The smallest absolute Gasteiger partial charge is 0.244 e. The molecule has 0 aliphatic rings. The number of nitrogens with zero attached hydrogens (tertiary/aromatic N) is 4. The molecule has 1 aromatic rings. The van der Waals surface area contributed by atoms with Crippen molar-refractivity contribution in [2.24, 2.45) is 5.92 Å². The third kappa shape index (κ3) is 6.01. The Balaban J connectivity index is 2.42. The molecule has 0 aromatic carbocycles. The number of likely N-dealkylation sites (N-methyl/N-ethyl adjacent to an activating group) is 1. The molecule has 17 heavy (non-hydrogen) atoms. The first-order chi connectivity index (χ1) is 8.08. The highest BCUT2D eigenvalue weighted by Gasteiger charge is 2.01. The van der Waals surface area contributed by atoms with E-state index < -0.39 is 0 Å². The average Bonchev–Trinajstić information content (AvgIpc) is 2.26. The van der Waals surface area contributed by atoms with Crippen LogP contribution in [0.5, 0.6) is 0 Å². The topological polar surface area (TPSA) is 66.0 Å². The van der Waals surface area contributed by atoms with Gasteiger partial charge in [0.2, 0.25) is 5.95 Å². The van der Waals surface area contributed by atoms with Gasteiger partial charge in [-0.15, -0.1) is 5.10 Å². The van der Waals surface area contributed by atoms with E-state index in [-0.39, 0.29) is 0 Å². The summed E-state index contributed by atoms with van der Waals surface area (Å²) in [6.07, 6.45) is 1.64. The molecule has 0 radical (unpaired) electrons. The van der Waals surface area contributed by atoms with Gasteiger partial charge in [-0.2, -0.15) is 10.1 Å². The predicted molar refractivity (Wildman–Crippen MR) is 70.2 cm³/mol. The molecule has 1 rings (SSSR count). The maximum atomic E-state index is 4.33. The minimum absolute atomic E-state index is 0.559. The van der Waals surface area contributed by atoms with E-state index in [0.717, 1.165) is 25.5 Å². The van der Waals surface area contributed by atoms with Gasteiger partial charge < -0.3 is 15.5 Å². The van der Waals surface area contributed by atoms with E-state index in [0.29, 0.717) is 11.9 Å². The molecule has 6 heteroatoms. The van der Waals surface area contributed by atoms with Crippen LogP contribution in [0, 0.1) is 5.92 Å². The lowest BCUT2D eigenvalue weighted by atomic mass is 10.2. The Hall–Kier alpha value is -1.43. The summed E-state index contributed by atoms with van der Waals surface area (Å²) >= 11 is 0. The highest BCUT2D eigenvalue weighted by atomic mass is 15.3. The lowest BCUT2D eigenvalue weighted by molar-refractivity contribution is 0.425. The Kier molecular flexibility index (Phi) is 5.62. The van der Waals surface area contributed by atoms with Crippen molar-refractivity contribution < 1.29 is 0 Å². The highest BCUT2D eigenvalue weighted by Crippen LogP contribution is 2.03. The van der Waals surface area contributed by atoms with Crippen molar-refractivity contribution in [2.75, 3.05) is 44.4 Å². The van der Waals surface area contributed by atoms with E-state index in [9.17, 15) is 0 Å². The number of aromatic nitrogens is 3. The average molecular weight is 238 g/mol. The molecule has 96 valence electrons. The van der Waals surface area contributed by atoms with E-state index in [1.165, 1.54) is 0 Å². The Morgan fingerprint density at radius 3 is 2.71 bits per heavy atom. The summed E-state index contributed by atoms with van der Waals surface area (Å²) in [7, 11) is 4.07. The fourth-order valence-electron chi connectivity index (χ4n) is 1.17. The molecule has 0 unspecified atom stereocenters. The van der Waals surface area contributed by atoms with Gasteiger partial charge in [-0.1, -0.05) is 13.8 Å². The van der Waals surface area contributed by atoms with Gasteiger partial charge in [-0.3, -0.25) is 0 Å². The van der Waals surface area contributed by atoms with Crippen molar-refractivity contribution in [3.63, 3.8) is 0 Å². The van der Waals surface area contributed by atoms with Gasteiger partial charge in [0, 0.05) is 19.6 Å². The number of hydrogen-bond acceptors (Lipinski definition) is 6. The van der Waals surface area contributed by atoms with Gasteiger partial charge in [-0.05, 0) is 20.0 Å². The second kappa shape index (κ2) is 7.01. The first-order valence-electron chi connectivity index (χ1n) is 5.90. The Bertz CT molecular complexity index is 325. The van der Waals surface area contributed by atoms with Gasteiger partial charge in [0.25, 0.3) is 0 Å². The van der Waals surface area contributed by atoms with E-state index in [4.69, 9.17) is 0 Å². The molecule has 2 N–H and O–H groups in total. The first kappa shape index (κ1) is 13.6. The van der Waals surface area contributed by atoms with Crippen LogP contribution >= 0.6 is 0 Å². The van der Waals surface area contributed by atoms with Crippen LogP contribution in [-0.4, -0.2) is 53.8 Å². The molecule has 0 aliphatic heterocycles. The normalized spacial score (nSPS) is 10.9. The second-order valence-corrected chi connectivity index (χ2v) is 4.67. The maximum absolute atomic E-state index is 4.33. The zero-order chi connectivity index (χ0) is 12.7. The number of rotatable bonds is 7. The summed E-state index contributed by atoms with van der Waals surface area (Å²) in [5.41, 5.74) is 0. The molecule has 0 atom stereocenters. The van der Waals surface area contributed by atoms with Crippen molar-refractivity contribution in [1.82, 2.24) is 20.1 Å². The number of hydrogen-bond donors (Lipinski definition) is 2. The van der Waals surface area contributed by atoms with Crippen molar-refractivity contribution in [2.45, 2.75) is 13.8 Å². The summed E-state index contributed by atoms with van der Waals surface area (Å²) in [5, 5.41) is 14.2. The number of anilines is 2. The van der Waals surface area contributed by atoms with Crippen LogP contribution in [0.15, 0.2) is 6.20 Å². The minimum atomic E-state index is 0.559. The van der Waals surface area contributed by atoms with Crippen LogP contribution in [0.3, 0.4) is 0 Å². The molecule has 0 aliphatic carbocycles. The molecule has 0 amide bonds. The standard InChI is InChI=1S/C11H22N6/c1-9(2)7-13-11-15-10(8-14-16-11)12-5-6-17(3)4/h8-9H,5-7H2,1-4H3,(H2,12,13,15,16). The van der Waals surface area contributed by atoms with Crippen LogP contribution in [0.1, 0.15) is 13.8 Å². The summed E-state index contributed by atoms with van der Waals surface area (Å²) < 4.78 is 0.